The molecule has 0 saturated heterocycles. The Kier molecular flexibility index (Phi) is 2.03. The quantitative estimate of drug-likeness (QED) is 0.795. The van der Waals surface area contributed by atoms with E-state index in [1.807, 2.05) is 0 Å². The Morgan fingerprint density at radius 3 is 2.85 bits per heavy atom. The minimum absolute atomic E-state index is 0.205. The average Bonchev–Trinajstić information content (AvgIpc) is 2.71. The summed E-state index contributed by atoms with van der Waals surface area (Å²) in [5.74, 6) is 0.802. The van der Waals surface area contributed by atoms with Gasteiger partial charge in [-0.05, 0) is 23.7 Å². The predicted molar refractivity (Wildman–Crippen MR) is 42.9 cm³/mol. The van der Waals surface area contributed by atoms with Gasteiger partial charge in [-0.15, -0.1) is 0 Å². The summed E-state index contributed by atoms with van der Waals surface area (Å²) in [4.78, 5) is 3.83. The number of halogens is 1. The molecule has 0 radical (unpaired) electrons. The second-order valence-electron chi connectivity index (χ2n) is 2.28. The zero-order valence-electron chi connectivity index (χ0n) is 6.40. The van der Waals surface area contributed by atoms with Gasteiger partial charge in [-0.1, -0.05) is 5.16 Å². The zero-order valence-corrected chi connectivity index (χ0v) is 7.15. The Bertz CT molecular complexity index is 409. The van der Waals surface area contributed by atoms with Crippen molar-refractivity contribution >= 4 is 11.6 Å². The Morgan fingerprint density at radius 1 is 1.46 bits per heavy atom. The lowest BCUT2D eigenvalue weighted by molar-refractivity contribution is 0.263. The van der Waals surface area contributed by atoms with Crippen LogP contribution in [0.15, 0.2) is 21.1 Å². The van der Waals surface area contributed by atoms with Crippen LogP contribution in [0.1, 0.15) is 5.82 Å². The van der Waals surface area contributed by atoms with Gasteiger partial charge in [0, 0.05) is 0 Å². The molecule has 0 amide bonds. The SMILES string of the molecule is OCc1noc(-c2ccc(Cl)o2)n1. The minimum Gasteiger partial charge on any atom is -0.440 e. The van der Waals surface area contributed by atoms with E-state index < -0.39 is 0 Å². The Labute approximate surface area is 77.9 Å². The van der Waals surface area contributed by atoms with E-state index in [4.69, 9.17) is 25.6 Å². The zero-order chi connectivity index (χ0) is 9.26. The number of aliphatic hydroxyl groups is 1. The summed E-state index contributed by atoms with van der Waals surface area (Å²) < 4.78 is 9.80. The van der Waals surface area contributed by atoms with Crippen LogP contribution in [0.3, 0.4) is 0 Å². The predicted octanol–water partition coefficient (Wildman–Crippen LogP) is 1.48. The molecule has 68 valence electrons. The number of hydrogen-bond acceptors (Lipinski definition) is 5. The summed E-state index contributed by atoms with van der Waals surface area (Å²) in [5.41, 5.74) is 0. The van der Waals surface area contributed by atoms with Crippen molar-refractivity contribution in [2.24, 2.45) is 0 Å². The van der Waals surface area contributed by atoms with E-state index in [0.717, 1.165) is 0 Å². The fourth-order valence-corrected chi connectivity index (χ4v) is 0.994. The monoisotopic (exact) mass is 200 g/mol. The van der Waals surface area contributed by atoms with Crippen LogP contribution in [-0.2, 0) is 6.61 Å². The fourth-order valence-electron chi connectivity index (χ4n) is 0.848. The molecule has 2 aromatic heterocycles. The standard InChI is InChI=1S/C7H5ClN2O3/c8-5-2-1-4(12-5)7-9-6(3-11)10-13-7/h1-2,11H,3H2. The highest BCUT2D eigenvalue weighted by Crippen LogP contribution is 2.22. The average molecular weight is 201 g/mol. The normalized spacial score (nSPS) is 10.6. The Balaban J connectivity index is 2.35. The van der Waals surface area contributed by atoms with Gasteiger partial charge >= 0.3 is 0 Å². The summed E-state index contributed by atoms with van der Waals surface area (Å²) in [6.45, 7) is -0.266. The maximum atomic E-state index is 8.66. The van der Waals surface area contributed by atoms with Crippen molar-refractivity contribution in [3.63, 3.8) is 0 Å². The third-order valence-corrected chi connectivity index (χ3v) is 1.60. The van der Waals surface area contributed by atoms with E-state index in [-0.39, 0.29) is 23.5 Å². The molecular weight excluding hydrogens is 196 g/mol. The molecule has 6 heteroatoms. The van der Waals surface area contributed by atoms with Crippen LogP contribution in [-0.4, -0.2) is 15.2 Å². The lowest BCUT2D eigenvalue weighted by Gasteiger charge is -1.83. The van der Waals surface area contributed by atoms with Crippen molar-refractivity contribution in [3.8, 4) is 11.7 Å². The maximum absolute atomic E-state index is 8.66. The molecule has 0 aliphatic heterocycles. The molecular formula is C7H5ClN2O3. The summed E-state index contributed by atoms with van der Waals surface area (Å²) >= 11 is 5.55. The molecule has 0 saturated carbocycles. The molecule has 0 aromatic carbocycles. The van der Waals surface area contributed by atoms with Crippen LogP contribution < -0.4 is 0 Å². The highest BCUT2D eigenvalue weighted by Gasteiger charge is 2.11. The van der Waals surface area contributed by atoms with Crippen molar-refractivity contribution < 1.29 is 14.0 Å². The molecule has 2 heterocycles. The Morgan fingerprint density at radius 2 is 2.31 bits per heavy atom. The second-order valence-corrected chi connectivity index (χ2v) is 2.65. The van der Waals surface area contributed by atoms with E-state index in [2.05, 4.69) is 10.1 Å². The fraction of sp³-hybridized carbons (Fsp3) is 0.143. The van der Waals surface area contributed by atoms with Gasteiger partial charge < -0.3 is 14.0 Å². The van der Waals surface area contributed by atoms with E-state index in [1.54, 1.807) is 12.1 Å². The lowest BCUT2D eigenvalue weighted by Crippen LogP contribution is -1.84. The highest BCUT2D eigenvalue weighted by atomic mass is 35.5. The summed E-state index contributed by atoms with van der Waals surface area (Å²) in [7, 11) is 0. The molecule has 2 rings (SSSR count). The highest BCUT2D eigenvalue weighted by molar-refractivity contribution is 6.28. The third kappa shape index (κ3) is 1.56. The first-order valence-corrected chi connectivity index (χ1v) is 3.86. The molecule has 1 N–H and O–H groups in total. The van der Waals surface area contributed by atoms with Crippen LogP contribution >= 0.6 is 11.6 Å². The maximum Gasteiger partial charge on any atom is 0.293 e. The van der Waals surface area contributed by atoms with Crippen molar-refractivity contribution in [2.75, 3.05) is 0 Å². The van der Waals surface area contributed by atoms with Crippen molar-refractivity contribution in [2.45, 2.75) is 6.61 Å². The van der Waals surface area contributed by atoms with Crippen LogP contribution in [0.25, 0.3) is 11.7 Å². The van der Waals surface area contributed by atoms with Gasteiger partial charge in [0.15, 0.2) is 16.8 Å². The first-order valence-electron chi connectivity index (χ1n) is 3.49. The Hall–Kier alpha value is -1.33. The number of rotatable bonds is 2. The van der Waals surface area contributed by atoms with E-state index in [1.165, 1.54) is 0 Å². The molecule has 2 aromatic rings. The lowest BCUT2D eigenvalue weighted by atomic mass is 10.4. The van der Waals surface area contributed by atoms with Crippen LogP contribution in [0.5, 0.6) is 0 Å². The third-order valence-electron chi connectivity index (χ3n) is 1.39. The van der Waals surface area contributed by atoms with E-state index >= 15 is 0 Å². The number of nitrogens with zero attached hydrogens (tertiary/aromatic N) is 2. The molecule has 0 unspecified atom stereocenters. The first kappa shape index (κ1) is 8.28. The summed E-state index contributed by atoms with van der Waals surface area (Å²) in [5, 5.41) is 12.4. The smallest absolute Gasteiger partial charge is 0.293 e. The van der Waals surface area contributed by atoms with Crippen molar-refractivity contribution in [1.82, 2.24) is 10.1 Å². The molecule has 13 heavy (non-hydrogen) atoms. The van der Waals surface area contributed by atoms with Gasteiger partial charge in [-0.3, -0.25) is 0 Å². The van der Waals surface area contributed by atoms with Gasteiger partial charge in [0.05, 0.1) is 0 Å². The van der Waals surface area contributed by atoms with Gasteiger partial charge in [0.1, 0.15) is 6.61 Å². The van der Waals surface area contributed by atoms with Gasteiger partial charge in [-0.25, -0.2) is 0 Å². The number of hydrogen-bond donors (Lipinski definition) is 1. The molecule has 0 bridgehead atoms. The van der Waals surface area contributed by atoms with Crippen molar-refractivity contribution in [1.29, 1.82) is 0 Å². The van der Waals surface area contributed by atoms with Gasteiger partial charge in [0.2, 0.25) is 0 Å². The number of aromatic nitrogens is 2. The van der Waals surface area contributed by atoms with Crippen LogP contribution in [0.2, 0.25) is 5.22 Å². The molecule has 0 atom stereocenters. The number of aliphatic hydroxyl groups excluding tert-OH is 1. The first-order chi connectivity index (χ1) is 6.29. The summed E-state index contributed by atoms with van der Waals surface area (Å²) in [6, 6.07) is 3.18. The molecule has 0 fully saturated rings. The molecule has 5 nitrogen and oxygen atoms in total. The summed E-state index contributed by atoms with van der Waals surface area (Å²) in [6.07, 6.45) is 0. The van der Waals surface area contributed by atoms with Crippen LogP contribution in [0.4, 0.5) is 0 Å². The largest absolute Gasteiger partial charge is 0.440 e. The van der Waals surface area contributed by atoms with Gasteiger partial charge in [-0.2, -0.15) is 4.98 Å². The second kappa shape index (κ2) is 3.20. The topological polar surface area (TPSA) is 72.3 Å². The van der Waals surface area contributed by atoms with E-state index in [0.29, 0.717) is 5.76 Å². The van der Waals surface area contributed by atoms with Gasteiger partial charge in [0.25, 0.3) is 5.89 Å². The molecule has 0 aliphatic carbocycles. The molecule has 0 aliphatic rings. The number of furan rings is 1. The molecule has 0 spiro atoms. The minimum atomic E-state index is -0.266. The van der Waals surface area contributed by atoms with E-state index in [9.17, 15) is 0 Å². The van der Waals surface area contributed by atoms with Crippen LogP contribution in [0, 0.1) is 0 Å². The van der Waals surface area contributed by atoms with Crippen molar-refractivity contribution in [3.05, 3.63) is 23.2 Å².